The molecule has 0 spiro atoms. The van der Waals surface area contributed by atoms with Gasteiger partial charge in [-0.25, -0.2) is 4.98 Å². The first-order chi connectivity index (χ1) is 14.1. The lowest BCUT2D eigenvalue weighted by molar-refractivity contribution is 0.202. The van der Waals surface area contributed by atoms with Crippen molar-refractivity contribution in [2.24, 2.45) is 0 Å². The molecule has 5 heteroatoms. The van der Waals surface area contributed by atoms with Crippen LogP contribution >= 0.6 is 0 Å². The number of nitrogens with zero attached hydrogens (tertiary/aromatic N) is 5. The smallest absolute Gasteiger partial charge is 0.124 e. The van der Waals surface area contributed by atoms with Crippen LogP contribution in [-0.4, -0.2) is 52.0 Å². The number of hydrogen-bond donors (Lipinski definition) is 0. The highest BCUT2D eigenvalue weighted by molar-refractivity contribution is 5.75. The molecule has 29 heavy (non-hydrogen) atoms. The summed E-state index contributed by atoms with van der Waals surface area (Å²) < 4.78 is 2.35. The lowest BCUT2D eigenvalue weighted by Crippen LogP contribution is -2.29. The second-order valence-electron chi connectivity index (χ2n) is 8.23. The fourth-order valence-electron chi connectivity index (χ4n) is 4.26. The third-order valence-corrected chi connectivity index (χ3v) is 5.75. The number of hydrogen-bond acceptors (Lipinski definition) is 4. The van der Waals surface area contributed by atoms with E-state index in [4.69, 9.17) is 9.97 Å². The van der Waals surface area contributed by atoms with Crippen molar-refractivity contribution in [1.29, 1.82) is 0 Å². The zero-order valence-electron chi connectivity index (χ0n) is 17.8. The second-order valence-corrected chi connectivity index (χ2v) is 8.23. The third kappa shape index (κ3) is 4.41. The molecule has 0 saturated carbocycles. The summed E-state index contributed by atoms with van der Waals surface area (Å²) in [7, 11) is 6.39. The number of rotatable bonds is 7. The number of imidazole rings is 1. The van der Waals surface area contributed by atoms with Gasteiger partial charge in [-0.1, -0.05) is 30.4 Å². The van der Waals surface area contributed by atoms with Crippen LogP contribution in [0.1, 0.15) is 36.0 Å². The minimum atomic E-state index is 0.359. The molecule has 2 heterocycles. The van der Waals surface area contributed by atoms with E-state index in [-0.39, 0.29) is 0 Å². The van der Waals surface area contributed by atoms with Crippen molar-refractivity contribution >= 4 is 11.0 Å². The van der Waals surface area contributed by atoms with Crippen molar-refractivity contribution in [3.8, 4) is 0 Å². The molecule has 0 aliphatic heterocycles. The lowest BCUT2D eigenvalue weighted by atomic mass is 9.91. The van der Waals surface area contributed by atoms with Crippen LogP contribution in [0.15, 0.2) is 54.7 Å². The van der Waals surface area contributed by atoms with E-state index in [1.807, 2.05) is 6.20 Å². The average molecular weight is 390 g/mol. The van der Waals surface area contributed by atoms with Gasteiger partial charge >= 0.3 is 0 Å². The maximum atomic E-state index is 4.97. The monoisotopic (exact) mass is 389 g/mol. The van der Waals surface area contributed by atoms with Gasteiger partial charge in [0.15, 0.2) is 0 Å². The van der Waals surface area contributed by atoms with Crippen LogP contribution in [0.25, 0.3) is 11.0 Å². The molecule has 1 atom stereocenters. The minimum Gasteiger partial charge on any atom is -0.323 e. The van der Waals surface area contributed by atoms with E-state index < -0.39 is 0 Å². The average Bonchev–Trinajstić information content (AvgIpc) is 3.07. The van der Waals surface area contributed by atoms with Gasteiger partial charge < -0.3 is 9.47 Å². The molecule has 2 aromatic heterocycles. The van der Waals surface area contributed by atoms with Gasteiger partial charge in [-0.3, -0.25) is 9.88 Å². The zero-order valence-corrected chi connectivity index (χ0v) is 17.8. The predicted molar refractivity (Wildman–Crippen MR) is 119 cm³/mol. The Morgan fingerprint density at radius 3 is 2.83 bits per heavy atom. The van der Waals surface area contributed by atoms with Crippen LogP contribution in [0.5, 0.6) is 0 Å². The van der Waals surface area contributed by atoms with Crippen LogP contribution in [0.2, 0.25) is 0 Å². The van der Waals surface area contributed by atoms with Crippen molar-refractivity contribution in [2.75, 3.05) is 27.7 Å². The molecule has 1 aromatic carbocycles. The van der Waals surface area contributed by atoms with Crippen LogP contribution in [0.4, 0.5) is 0 Å². The Hall–Kier alpha value is -2.50. The highest BCUT2D eigenvalue weighted by Gasteiger charge is 2.26. The number of allylic oxidation sites excluding steroid dienone is 1. The van der Waals surface area contributed by atoms with E-state index in [2.05, 4.69) is 84.1 Å². The zero-order chi connectivity index (χ0) is 20.2. The van der Waals surface area contributed by atoms with Crippen LogP contribution in [-0.2, 0) is 19.5 Å². The van der Waals surface area contributed by atoms with E-state index in [9.17, 15) is 0 Å². The van der Waals surface area contributed by atoms with Crippen molar-refractivity contribution in [3.05, 3.63) is 71.8 Å². The summed E-state index contributed by atoms with van der Waals surface area (Å²) in [6.07, 6.45) is 9.91. The standard InChI is InChI=1S/C24H31N5/c1-27(2)16-6-7-17-29-21-13-5-4-12-20(21)26-23(29)18-28(3)22-14-8-10-19-11-9-15-25-24(19)22/h4-7,9,11-13,15,22H,8,10,14,16-18H2,1-3H3. The van der Waals surface area contributed by atoms with Crippen LogP contribution in [0.3, 0.4) is 0 Å². The first-order valence-electron chi connectivity index (χ1n) is 10.5. The number of aryl methyl sites for hydroxylation is 1. The Morgan fingerprint density at radius 1 is 1.10 bits per heavy atom. The number of para-hydroxylation sites is 2. The Balaban J connectivity index is 1.59. The van der Waals surface area contributed by atoms with E-state index >= 15 is 0 Å². The number of benzene rings is 1. The summed E-state index contributed by atoms with van der Waals surface area (Å²) >= 11 is 0. The summed E-state index contributed by atoms with van der Waals surface area (Å²) in [5, 5.41) is 0. The number of fused-ring (bicyclic) bond motifs is 2. The Labute approximate surface area is 173 Å². The fraction of sp³-hybridized carbons (Fsp3) is 0.417. The van der Waals surface area contributed by atoms with Crippen molar-refractivity contribution in [3.63, 3.8) is 0 Å². The highest BCUT2D eigenvalue weighted by atomic mass is 15.2. The second kappa shape index (κ2) is 8.89. The van der Waals surface area contributed by atoms with E-state index in [0.29, 0.717) is 6.04 Å². The first-order valence-corrected chi connectivity index (χ1v) is 10.5. The summed E-state index contributed by atoms with van der Waals surface area (Å²) in [4.78, 5) is 14.3. The molecular formula is C24H31N5. The molecule has 1 aliphatic carbocycles. The van der Waals surface area contributed by atoms with E-state index in [0.717, 1.165) is 43.8 Å². The molecule has 5 nitrogen and oxygen atoms in total. The number of likely N-dealkylation sites (N-methyl/N-ethyl adjacent to an activating group) is 1. The van der Waals surface area contributed by atoms with Gasteiger partial charge in [0, 0.05) is 19.3 Å². The van der Waals surface area contributed by atoms with Crippen molar-refractivity contribution < 1.29 is 0 Å². The van der Waals surface area contributed by atoms with Gasteiger partial charge in [0.25, 0.3) is 0 Å². The van der Waals surface area contributed by atoms with E-state index in [1.165, 1.54) is 23.2 Å². The van der Waals surface area contributed by atoms with Gasteiger partial charge in [-0.05, 0) is 64.2 Å². The molecule has 3 aromatic rings. The molecular weight excluding hydrogens is 358 g/mol. The highest BCUT2D eigenvalue weighted by Crippen LogP contribution is 2.32. The van der Waals surface area contributed by atoms with Gasteiger partial charge in [0.2, 0.25) is 0 Å². The first kappa shape index (κ1) is 19.8. The largest absolute Gasteiger partial charge is 0.323 e. The molecule has 1 unspecified atom stereocenters. The van der Waals surface area contributed by atoms with Gasteiger partial charge in [-0.15, -0.1) is 0 Å². The van der Waals surface area contributed by atoms with Gasteiger partial charge in [-0.2, -0.15) is 0 Å². The molecule has 0 bridgehead atoms. The van der Waals surface area contributed by atoms with Crippen molar-refractivity contribution in [2.45, 2.75) is 38.4 Å². The topological polar surface area (TPSA) is 37.2 Å². The predicted octanol–water partition coefficient (Wildman–Crippen LogP) is 4.06. The normalized spacial score (nSPS) is 16.9. The molecule has 0 amide bonds. The molecule has 1 aliphatic rings. The summed E-state index contributed by atoms with van der Waals surface area (Å²) in [6.45, 7) is 2.61. The molecule has 0 radical (unpaired) electrons. The number of pyridine rings is 1. The molecule has 0 N–H and O–H groups in total. The molecule has 0 saturated heterocycles. The molecule has 0 fully saturated rings. The Morgan fingerprint density at radius 2 is 1.97 bits per heavy atom. The maximum absolute atomic E-state index is 4.97. The molecule has 152 valence electrons. The van der Waals surface area contributed by atoms with Gasteiger partial charge in [0.05, 0.1) is 29.3 Å². The minimum absolute atomic E-state index is 0.359. The number of aromatic nitrogens is 3. The maximum Gasteiger partial charge on any atom is 0.124 e. The fourth-order valence-corrected chi connectivity index (χ4v) is 4.26. The SMILES string of the molecule is CN(C)CC=CCn1c(CN(C)C2CCCc3cccnc32)nc2ccccc21. The van der Waals surface area contributed by atoms with Gasteiger partial charge in [0.1, 0.15) is 5.82 Å². The Bertz CT molecular complexity index is 988. The van der Waals surface area contributed by atoms with Crippen molar-refractivity contribution in [1.82, 2.24) is 24.3 Å². The summed E-state index contributed by atoms with van der Waals surface area (Å²) in [5.74, 6) is 1.12. The molecule has 4 rings (SSSR count). The van der Waals surface area contributed by atoms with Crippen LogP contribution in [0, 0.1) is 0 Å². The van der Waals surface area contributed by atoms with E-state index in [1.54, 1.807) is 0 Å². The quantitative estimate of drug-likeness (QED) is 0.571. The summed E-state index contributed by atoms with van der Waals surface area (Å²) in [6, 6.07) is 13.1. The lowest BCUT2D eigenvalue weighted by Gasteiger charge is -2.32. The van der Waals surface area contributed by atoms with Crippen LogP contribution < -0.4 is 0 Å². The Kier molecular flexibility index (Phi) is 6.07. The third-order valence-electron chi connectivity index (χ3n) is 5.75. The summed E-state index contributed by atoms with van der Waals surface area (Å²) in [5.41, 5.74) is 4.91.